The van der Waals surface area contributed by atoms with Crippen LogP contribution in [0.25, 0.3) is 11.1 Å². The quantitative estimate of drug-likeness (QED) is 0.767. The first kappa shape index (κ1) is 12.9. The summed E-state index contributed by atoms with van der Waals surface area (Å²) >= 11 is 0. The Labute approximate surface area is 118 Å². The van der Waals surface area contributed by atoms with Crippen molar-refractivity contribution < 1.29 is 4.42 Å². The fraction of sp³-hybridized carbons (Fsp3) is 0.235. The largest absolute Gasteiger partial charge is 0.440 e. The van der Waals surface area contributed by atoms with E-state index in [0.29, 0.717) is 0 Å². The lowest BCUT2D eigenvalue weighted by Gasteiger charge is -2.00. The molecule has 1 aromatic heterocycles. The minimum Gasteiger partial charge on any atom is -0.440 e. The molecule has 3 rings (SSSR count). The van der Waals surface area contributed by atoms with Gasteiger partial charge < -0.3 is 9.73 Å². The fourth-order valence-corrected chi connectivity index (χ4v) is 2.25. The Balaban J connectivity index is 1.83. The molecule has 0 saturated heterocycles. The van der Waals surface area contributed by atoms with Crippen LogP contribution in [0.15, 0.2) is 52.9 Å². The zero-order valence-corrected chi connectivity index (χ0v) is 11.6. The van der Waals surface area contributed by atoms with E-state index in [9.17, 15) is 0 Å². The maximum Gasteiger partial charge on any atom is 0.199 e. The molecule has 3 heteroatoms. The second kappa shape index (κ2) is 5.88. The van der Waals surface area contributed by atoms with E-state index in [4.69, 9.17) is 4.42 Å². The number of rotatable bonds is 5. The van der Waals surface area contributed by atoms with Gasteiger partial charge in [0.1, 0.15) is 5.52 Å². The Hall–Kier alpha value is -2.13. The Morgan fingerprint density at radius 1 is 1.05 bits per heavy atom. The van der Waals surface area contributed by atoms with Gasteiger partial charge in [-0.2, -0.15) is 0 Å². The average molecular weight is 266 g/mol. The van der Waals surface area contributed by atoms with Gasteiger partial charge in [0.2, 0.25) is 0 Å². The molecular weight excluding hydrogens is 248 g/mol. The second-order valence-corrected chi connectivity index (χ2v) is 4.85. The van der Waals surface area contributed by atoms with Gasteiger partial charge in [-0.15, -0.1) is 0 Å². The molecule has 0 amide bonds. The minimum atomic E-state index is 0.734. The molecule has 0 spiro atoms. The fourth-order valence-electron chi connectivity index (χ4n) is 2.25. The molecule has 0 fully saturated rings. The first-order chi connectivity index (χ1) is 9.85. The molecule has 1 heterocycles. The number of nitrogens with zero attached hydrogens (tertiary/aromatic N) is 1. The average Bonchev–Trinajstić information content (AvgIpc) is 2.87. The zero-order chi connectivity index (χ0) is 13.8. The summed E-state index contributed by atoms with van der Waals surface area (Å²) in [4.78, 5) is 4.58. The van der Waals surface area contributed by atoms with Gasteiger partial charge in [0, 0.05) is 13.0 Å². The maximum atomic E-state index is 5.80. The summed E-state index contributed by atoms with van der Waals surface area (Å²) in [7, 11) is 0. The number of aromatic nitrogens is 1. The van der Waals surface area contributed by atoms with Gasteiger partial charge in [0.05, 0.1) is 0 Å². The van der Waals surface area contributed by atoms with Crippen LogP contribution in [-0.4, -0.2) is 11.5 Å². The Bertz CT molecular complexity index is 689. The third kappa shape index (κ3) is 2.89. The van der Waals surface area contributed by atoms with Gasteiger partial charge in [-0.1, -0.05) is 43.3 Å². The summed E-state index contributed by atoms with van der Waals surface area (Å²) in [5.41, 5.74) is 4.24. The normalized spacial score (nSPS) is 11.1. The smallest absolute Gasteiger partial charge is 0.199 e. The van der Waals surface area contributed by atoms with Crippen LogP contribution in [0.3, 0.4) is 0 Å². The lowest BCUT2D eigenvalue weighted by molar-refractivity contribution is 0.544. The molecule has 0 saturated carbocycles. The highest BCUT2D eigenvalue weighted by Gasteiger charge is 2.07. The van der Waals surface area contributed by atoms with Crippen molar-refractivity contribution in [3.05, 3.63) is 65.5 Å². The summed E-state index contributed by atoms with van der Waals surface area (Å²) in [6.07, 6.45) is 0.734. The Kier molecular flexibility index (Phi) is 3.79. The highest BCUT2D eigenvalue weighted by atomic mass is 16.3. The molecule has 20 heavy (non-hydrogen) atoms. The van der Waals surface area contributed by atoms with Gasteiger partial charge in [-0.3, -0.25) is 0 Å². The van der Waals surface area contributed by atoms with E-state index < -0.39 is 0 Å². The summed E-state index contributed by atoms with van der Waals surface area (Å²) in [6, 6.07) is 16.4. The Morgan fingerprint density at radius 3 is 2.70 bits per heavy atom. The molecule has 2 aromatic carbocycles. The number of hydrogen-bond acceptors (Lipinski definition) is 3. The molecule has 0 aliphatic rings. The molecule has 0 bridgehead atoms. The van der Waals surface area contributed by atoms with Crippen molar-refractivity contribution in [2.45, 2.75) is 19.9 Å². The first-order valence-corrected chi connectivity index (χ1v) is 6.98. The van der Waals surface area contributed by atoms with Crippen molar-refractivity contribution in [2.24, 2.45) is 0 Å². The predicted octanol–water partition coefficient (Wildman–Crippen LogP) is 3.53. The lowest BCUT2D eigenvalue weighted by Crippen LogP contribution is -2.11. The molecule has 3 nitrogen and oxygen atoms in total. The van der Waals surface area contributed by atoms with E-state index in [1.165, 1.54) is 11.1 Å². The molecule has 0 aliphatic carbocycles. The summed E-state index contributed by atoms with van der Waals surface area (Å²) in [6.45, 7) is 3.94. The number of nitrogens with one attached hydrogen (secondary N) is 1. The van der Waals surface area contributed by atoms with Gasteiger partial charge in [0.15, 0.2) is 11.5 Å². The van der Waals surface area contributed by atoms with Crippen molar-refractivity contribution in [1.29, 1.82) is 0 Å². The predicted molar refractivity (Wildman–Crippen MR) is 80.6 cm³/mol. The van der Waals surface area contributed by atoms with Crippen LogP contribution in [-0.2, 0) is 13.0 Å². The topological polar surface area (TPSA) is 38.1 Å². The van der Waals surface area contributed by atoms with E-state index >= 15 is 0 Å². The van der Waals surface area contributed by atoms with Crippen LogP contribution >= 0.6 is 0 Å². The molecule has 0 atom stereocenters. The van der Waals surface area contributed by atoms with Gasteiger partial charge >= 0.3 is 0 Å². The van der Waals surface area contributed by atoms with Gasteiger partial charge in [-0.05, 0) is 29.8 Å². The number of fused-ring (bicyclic) bond motifs is 1. The van der Waals surface area contributed by atoms with Crippen LogP contribution in [0.2, 0.25) is 0 Å². The minimum absolute atomic E-state index is 0.734. The van der Waals surface area contributed by atoms with Crippen molar-refractivity contribution in [3.63, 3.8) is 0 Å². The van der Waals surface area contributed by atoms with Gasteiger partial charge in [0.25, 0.3) is 0 Å². The van der Waals surface area contributed by atoms with Crippen LogP contribution in [0.1, 0.15) is 23.9 Å². The van der Waals surface area contributed by atoms with E-state index in [0.717, 1.165) is 36.5 Å². The zero-order valence-electron chi connectivity index (χ0n) is 11.6. The van der Waals surface area contributed by atoms with E-state index in [1.807, 2.05) is 24.3 Å². The van der Waals surface area contributed by atoms with Crippen molar-refractivity contribution in [2.75, 3.05) is 6.54 Å². The van der Waals surface area contributed by atoms with E-state index in [1.54, 1.807) is 0 Å². The summed E-state index contributed by atoms with van der Waals surface area (Å²) in [5, 5.41) is 3.32. The third-order valence-electron chi connectivity index (χ3n) is 3.27. The van der Waals surface area contributed by atoms with E-state index in [-0.39, 0.29) is 0 Å². The maximum absolute atomic E-state index is 5.80. The summed E-state index contributed by atoms with van der Waals surface area (Å²) in [5.74, 6) is 0.770. The number of oxazole rings is 1. The van der Waals surface area contributed by atoms with Crippen LogP contribution < -0.4 is 5.32 Å². The van der Waals surface area contributed by atoms with Gasteiger partial charge in [-0.25, -0.2) is 4.98 Å². The SMILES string of the molecule is CCNCc1ccc2oc(Cc3ccccc3)nc2c1. The first-order valence-electron chi connectivity index (χ1n) is 6.98. The molecule has 3 aromatic rings. The van der Waals surface area contributed by atoms with Crippen molar-refractivity contribution >= 4 is 11.1 Å². The number of hydrogen-bond donors (Lipinski definition) is 1. The molecule has 0 aliphatic heterocycles. The third-order valence-corrected chi connectivity index (χ3v) is 3.27. The molecule has 0 radical (unpaired) electrons. The monoisotopic (exact) mass is 266 g/mol. The standard InChI is InChI=1S/C17H18N2O/c1-2-18-12-14-8-9-16-15(10-14)19-17(20-16)11-13-6-4-3-5-7-13/h3-10,18H,2,11-12H2,1H3. The highest BCUT2D eigenvalue weighted by Crippen LogP contribution is 2.19. The second-order valence-electron chi connectivity index (χ2n) is 4.85. The molecule has 1 N–H and O–H groups in total. The van der Waals surface area contributed by atoms with Crippen molar-refractivity contribution in [1.82, 2.24) is 10.3 Å². The molecule has 0 unspecified atom stereocenters. The summed E-state index contributed by atoms with van der Waals surface area (Å²) < 4.78 is 5.80. The lowest BCUT2D eigenvalue weighted by atomic mass is 10.1. The molecule has 102 valence electrons. The van der Waals surface area contributed by atoms with Crippen LogP contribution in [0, 0.1) is 0 Å². The number of benzene rings is 2. The highest BCUT2D eigenvalue weighted by molar-refractivity contribution is 5.73. The van der Waals surface area contributed by atoms with E-state index in [2.05, 4.69) is 41.5 Å². The van der Waals surface area contributed by atoms with Crippen LogP contribution in [0.4, 0.5) is 0 Å². The Morgan fingerprint density at radius 2 is 1.90 bits per heavy atom. The molecular formula is C17H18N2O. The van der Waals surface area contributed by atoms with Crippen molar-refractivity contribution in [3.8, 4) is 0 Å². The van der Waals surface area contributed by atoms with Crippen LogP contribution in [0.5, 0.6) is 0 Å².